The van der Waals surface area contributed by atoms with Crippen LogP contribution in [0.5, 0.6) is 0 Å². The highest BCUT2D eigenvalue weighted by Crippen LogP contribution is 2.32. The molecule has 1 N–H and O–H groups in total. The lowest BCUT2D eigenvalue weighted by Gasteiger charge is -2.13. The molecular formula is C15H15Cl2NS. The fourth-order valence-electron chi connectivity index (χ4n) is 2.65. The van der Waals surface area contributed by atoms with E-state index in [9.17, 15) is 0 Å². The van der Waals surface area contributed by atoms with Gasteiger partial charge in [-0.2, -0.15) is 0 Å². The summed E-state index contributed by atoms with van der Waals surface area (Å²) >= 11 is 13.6. The SMILES string of the molecule is Clc1ccc2c(c1)CCC2NCCc1ccc(Cl)s1. The molecule has 4 heteroatoms. The molecule has 1 aliphatic carbocycles. The Morgan fingerprint density at radius 2 is 2.11 bits per heavy atom. The maximum absolute atomic E-state index is 6.03. The van der Waals surface area contributed by atoms with Gasteiger partial charge in [-0.05, 0) is 54.7 Å². The number of aryl methyl sites for hydroxylation is 1. The minimum absolute atomic E-state index is 0.475. The van der Waals surface area contributed by atoms with Crippen LogP contribution in [0.4, 0.5) is 0 Å². The summed E-state index contributed by atoms with van der Waals surface area (Å²) in [6.45, 7) is 0.990. The molecular weight excluding hydrogens is 297 g/mol. The minimum atomic E-state index is 0.475. The predicted octanol–water partition coefficient (Wildman–Crippen LogP) is 4.87. The summed E-state index contributed by atoms with van der Waals surface area (Å²) in [7, 11) is 0. The van der Waals surface area contributed by atoms with Crippen molar-refractivity contribution < 1.29 is 0 Å². The smallest absolute Gasteiger partial charge is 0.0931 e. The van der Waals surface area contributed by atoms with E-state index in [-0.39, 0.29) is 0 Å². The first-order valence-corrected chi connectivity index (χ1v) is 8.05. The lowest BCUT2D eigenvalue weighted by molar-refractivity contribution is 0.535. The molecule has 1 heterocycles. The zero-order valence-corrected chi connectivity index (χ0v) is 12.8. The zero-order valence-electron chi connectivity index (χ0n) is 10.5. The van der Waals surface area contributed by atoms with Crippen LogP contribution in [0.25, 0.3) is 0 Å². The van der Waals surface area contributed by atoms with Crippen molar-refractivity contribution in [2.24, 2.45) is 0 Å². The van der Waals surface area contributed by atoms with Crippen molar-refractivity contribution in [1.82, 2.24) is 5.32 Å². The Bertz CT molecular complexity index is 579. The number of halogens is 2. The van der Waals surface area contributed by atoms with Crippen LogP contribution in [0.15, 0.2) is 30.3 Å². The Balaban J connectivity index is 1.58. The highest BCUT2D eigenvalue weighted by molar-refractivity contribution is 7.16. The molecule has 1 aromatic heterocycles. The highest BCUT2D eigenvalue weighted by atomic mass is 35.5. The number of fused-ring (bicyclic) bond motifs is 1. The molecule has 0 bridgehead atoms. The molecule has 0 saturated carbocycles. The summed E-state index contributed by atoms with van der Waals surface area (Å²) in [6.07, 6.45) is 3.33. The van der Waals surface area contributed by atoms with Gasteiger partial charge in [-0.1, -0.05) is 29.3 Å². The molecule has 100 valence electrons. The van der Waals surface area contributed by atoms with Crippen molar-refractivity contribution in [1.29, 1.82) is 0 Å². The number of thiophene rings is 1. The van der Waals surface area contributed by atoms with E-state index in [1.54, 1.807) is 11.3 Å². The van der Waals surface area contributed by atoms with Crippen molar-refractivity contribution >= 4 is 34.5 Å². The molecule has 0 spiro atoms. The summed E-state index contributed by atoms with van der Waals surface area (Å²) in [5, 5.41) is 4.48. The molecule has 19 heavy (non-hydrogen) atoms. The van der Waals surface area contributed by atoms with Crippen LogP contribution in [0.2, 0.25) is 9.36 Å². The van der Waals surface area contributed by atoms with Crippen molar-refractivity contribution in [2.75, 3.05) is 6.54 Å². The van der Waals surface area contributed by atoms with Gasteiger partial charge in [-0.25, -0.2) is 0 Å². The molecule has 0 saturated heterocycles. The maximum Gasteiger partial charge on any atom is 0.0931 e. The first-order chi connectivity index (χ1) is 9.22. The van der Waals surface area contributed by atoms with Gasteiger partial charge in [0, 0.05) is 22.5 Å². The second-order valence-corrected chi connectivity index (χ2v) is 7.08. The molecule has 3 rings (SSSR count). The predicted molar refractivity (Wildman–Crippen MR) is 83.5 cm³/mol. The summed E-state index contributed by atoms with van der Waals surface area (Å²) in [5.74, 6) is 0. The van der Waals surface area contributed by atoms with Crippen LogP contribution in [-0.2, 0) is 12.8 Å². The number of rotatable bonds is 4. The third kappa shape index (κ3) is 3.14. The van der Waals surface area contributed by atoms with E-state index in [2.05, 4.69) is 23.5 Å². The Morgan fingerprint density at radius 1 is 1.21 bits per heavy atom. The molecule has 0 amide bonds. The van der Waals surface area contributed by atoms with Gasteiger partial charge in [0.15, 0.2) is 0 Å². The third-order valence-corrected chi connectivity index (χ3v) is 5.10. The maximum atomic E-state index is 6.03. The van der Waals surface area contributed by atoms with E-state index >= 15 is 0 Å². The fraction of sp³-hybridized carbons (Fsp3) is 0.333. The molecule has 1 unspecified atom stereocenters. The Kier molecular flexibility index (Phi) is 4.13. The molecule has 0 fully saturated rings. The van der Waals surface area contributed by atoms with Gasteiger partial charge in [-0.15, -0.1) is 11.3 Å². The van der Waals surface area contributed by atoms with Crippen molar-refractivity contribution in [2.45, 2.75) is 25.3 Å². The van der Waals surface area contributed by atoms with Crippen LogP contribution >= 0.6 is 34.5 Å². The number of benzene rings is 1. The van der Waals surface area contributed by atoms with Gasteiger partial charge in [0.05, 0.1) is 4.34 Å². The molecule has 0 aliphatic heterocycles. The molecule has 2 aromatic rings. The van der Waals surface area contributed by atoms with Crippen molar-refractivity contribution in [3.05, 3.63) is 55.7 Å². The van der Waals surface area contributed by atoms with Crippen molar-refractivity contribution in [3.63, 3.8) is 0 Å². The molecule has 1 aliphatic rings. The number of hydrogen-bond acceptors (Lipinski definition) is 2. The van der Waals surface area contributed by atoms with Crippen LogP contribution in [0.1, 0.15) is 28.5 Å². The lowest BCUT2D eigenvalue weighted by Crippen LogP contribution is -2.21. The molecule has 1 aromatic carbocycles. The Morgan fingerprint density at radius 3 is 2.89 bits per heavy atom. The lowest BCUT2D eigenvalue weighted by atomic mass is 10.1. The first kappa shape index (κ1) is 13.4. The van der Waals surface area contributed by atoms with Crippen LogP contribution in [0.3, 0.4) is 0 Å². The summed E-state index contributed by atoms with van der Waals surface area (Å²) in [5.41, 5.74) is 2.80. The van der Waals surface area contributed by atoms with Gasteiger partial charge in [0.1, 0.15) is 0 Å². The monoisotopic (exact) mass is 311 g/mol. The van der Waals surface area contributed by atoms with Gasteiger partial charge in [0.25, 0.3) is 0 Å². The minimum Gasteiger partial charge on any atom is -0.310 e. The number of nitrogens with one attached hydrogen (secondary N) is 1. The van der Waals surface area contributed by atoms with E-state index in [1.165, 1.54) is 22.4 Å². The third-order valence-electron chi connectivity index (χ3n) is 3.57. The number of hydrogen-bond donors (Lipinski definition) is 1. The van der Waals surface area contributed by atoms with Gasteiger partial charge < -0.3 is 5.32 Å². The van der Waals surface area contributed by atoms with Crippen LogP contribution < -0.4 is 5.32 Å². The van der Waals surface area contributed by atoms with Gasteiger partial charge in [-0.3, -0.25) is 0 Å². The quantitative estimate of drug-likeness (QED) is 0.849. The molecule has 1 nitrogen and oxygen atoms in total. The normalized spacial score (nSPS) is 17.7. The average Bonchev–Trinajstić information content (AvgIpc) is 2.96. The van der Waals surface area contributed by atoms with E-state index in [0.717, 1.165) is 28.7 Å². The molecule has 1 atom stereocenters. The van der Waals surface area contributed by atoms with Crippen LogP contribution in [0, 0.1) is 0 Å². The second kappa shape index (κ2) is 5.84. The van der Waals surface area contributed by atoms with Crippen molar-refractivity contribution in [3.8, 4) is 0 Å². The molecule has 0 radical (unpaired) electrons. The van der Waals surface area contributed by atoms with E-state index < -0.39 is 0 Å². The zero-order chi connectivity index (χ0) is 13.2. The standard InChI is InChI=1S/C15H15Cl2NS/c16-11-2-4-13-10(9-11)1-5-14(13)18-8-7-12-3-6-15(17)19-12/h2-4,6,9,14,18H,1,5,7-8H2. The average molecular weight is 312 g/mol. The highest BCUT2D eigenvalue weighted by Gasteiger charge is 2.21. The van der Waals surface area contributed by atoms with Crippen LogP contribution in [-0.4, -0.2) is 6.54 Å². The van der Waals surface area contributed by atoms with E-state index in [1.807, 2.05) is 12.1 Å². The second-order valence-electron chi connectivity index (χ2n) is 4.84. The fourth-order valence-corrected chi connectivity index (χ4v) is 3.94. The Labute approximate surface area is 127 Å². The Hall–Kier alpha value is -0.540. The van der Waals surface area contributed by atoms with Gasteiger partial charge in [0.2, 0.25) is 0 Å². The summed E-state index contributed by atoms with van der Waals surface area (Å²) in [4.78, 5) is 1.34. The first-order valence-electron chi connectivity index (χ1n) is 6.48. The van der Waals surface area contributed by atoms with E-state index in [4.69, 9.17) is 23.2 Å². The summed E-state index contributed by atoms with van der Waals surface area (Å²) < 4.78 is 0.871. The van der Waals surface area contributed by atoms with E-state index in [0.29, 0.717) is 6.04 Å². The van der Waals surface area contributed by atoms with Gasteiger partial charge >= 0.3 is 0 Å². The largest absolute Gasteiger partial charge is 0.310 e. The topological polar surface area (TPSA) is 12.0 Å². The summed E-state index contributed by atoms with van der Waals surface area (Å²) in [6, 6.07) is 10.8.